The number of hydrogen-bond donors (Lipinski definition) is 3. The molecular formula is C21H25N4O2+. The third-order valence-electron chi connectivity index (χ3n) is 5.54. The first-order valence-electron chi connectivity index (χ1n) is 9.48. The first-order valence-corrected chi connectivity index (χ1v) is 9.48. The topological polar surface area (TPSA) is 79.9 Å². The third kappa shape index (κ3) is 2.77. The van der Waals surface area contributed by atoms with Crippen LogP contribution in [0, 0.1) is 0 Å². The van der Waals surface area contributed by atoms with E-state index >= 15 is 0 Å². The lowest BCUT2D eigenvalue weighted by atomic mass is 9.81. The van der Waals surface area contributed by atoms with E-state index in [1.165, 1.54) is 4.90 Å². The Hall–Kier alpha value is -2.86. The number of carbonyl (C=O) groups excluding carboxylic acids is 2. The van der Waals surface area contributed by atoms with E-state index in [9.17, 15) is 9.59 Å². The molecule has 0 unspecified atom stereocenters. The molecule has 0 aromatic heterocycles. The maximum Gasteiger partial charge on any atom is 0.196 e. The van der Waals surface area contributed by atoms with E-state index in [1.807, 2.05) is 13.0 Å². The number of fused-ring (bicyclic) bond motifs is 2. The van der Waals surface area contributed by atoms with Crippen LogP contribution in [0.2, 0.25) is 0 Å². The highest BCUT2D eigenvalue weighted by Gasteiger charge is 2.35. The van der Waals surface area contributed by atoms with E-state index in [0.29, 0.717) is 40.2 Å². The van der Waals surface area contributed by atoms with E-state index in [4.69, 9.17) is 5.73 Å². The maximum absolute atomic E-state index is 13.2. The van der Waals surface area contributed by atoms with E-state index in [1.54, 1.807) is 24.3 Å². The molecule has 140 valence electrons. The van der Waals surface area contributed by atoms with E-state index in [2.05, 4.69) is 17.3 Å². The third-order valence-corrected chi connectivity index (χ3v) is 5.54. The minimum Gasteiger partial charge on any atom is -0.396 e. The van der Waals surface area contributed by atoms with Crippen LogP contribution in [0.3, 0.4) is 0 Å². The highest BCUT2D eigenvalue weighted by Crippen LogP contribution is 2.40. The quantitative estimate of drug-likeness (QED) is 0.599. The molecule has 4 N–H and O–H groups in total. The largest absolute Gasteiger partial charge is 0.396 e. The number of likely N-dealkylation sites (N-methyl/N-ethyl adjacent to an activating group) is 1. The Labute approximate surface area is 158 Å². The fraction of sp³-hybridized carbons (Fsp3) is 0.333. The summed E-state index contributed by atoms with van der Waals surface area (Å²) in [7, 11) is 2.18. The van der Waals surface area contributed by atoms with Crippen LogP contribution in [-0.4, -0.2) is 51.3 Å². The lowest BCUT2D eigenvalue weighted by Crippen LogP contribution is -3.12. The van der Waals surface area contributed by atoms with Gasteiger partial charge in [-0.05, 0) is 13.0 Å². The molecule has 0 saturated carbocycles. The number of nitrogens with one attached hydrogen (secondary N) is 2. The van der Waals surface area contributed by atoms with Crippen molar-refractivity contribution in [1.82, 2.24) is 0 Å². The molecule has 1 heterocycles. The van der Waals surface area contributed by atoms with Crippen LogP contribution in [-0.2, 0) is 0 Å². The second kappa shape index (κ2) is 6.70. The Morgan fingerprint density at radius 2 is 1.67 bits per heavy atom. The highest BCUT2D eigenvalue weighted by atomic mass is 16.1. The minimum atomic E-state index is -0.168. The summed E-state index contributed by atoms with van der Waals surface area (Å²) in [6.45, 7) is 6.42. The van der Waals surface area contributed by atoms with Crippen molar-refractivity contribution in [3.05, 3.63) is 52.6 Å². The number of carbonyl (C=O) groups is 2. The molecule has 1 fully saturated rings. The number of anilines is 3. The lowest BCUT2D eigenvalue weighted by molar-refractivity contribution is -0.880. The van der Waals surface area contributed by atoms with Gasteiger partial charge < -0.3 is 20.9 Å². The summed E-state index contributed by atoms with van der Waals surface area (Å²) < 4.78 is 0. The van der Waals surface area contributed by atoms with Crippen molar-refractivity contribution < 1.29 is 14.5 Å². The number of ketones is 2. The van der Waals surface area contributed by atoms with Gasteiger partial charge in [-0.3, -0.25) is 9.59 Å². The van der Waals surface area contributed by atoms with Crippen molar-refractivity contribution in [2.45, 2.75) is 6.92 Å². The Morgan fingerprint density at radius 3 is 2.26 bits per heavy atom. The SMILES string of the molecule is CCNc1cc(N2CC[NH+](C)CC2)c(N)c2c1C(=O)c1ccccc1C2=O. The maximum atomic E-state index is 13.2. The number of piperazine rings is 1. The molecule has 1 aliphatic heterocycles. The summed E-state index contributed by atoms with van der Waals surface area (Å²) in [4.78, 5) is 30.1. The molecule has 0 bridgehead atoms. The summed E-state index contributed by atoms with van der Waals surface area (Å²) in [5.41, 5.74) is 10.1. The first-order chi connectivity index (χ1) is 13.0. The fourth-order valence-electron chi connectivity index (χ4n) is 4.03. The Balaban J connectivity index is 1.90. The van der Waals surface area contributed by atoms with Gasteiger partial charge in [0, 0.05) is 23.4 Å². The van der Waals surface area contributed by atoms with Crippen LogP contribution in [0.5, 0.6) is 0 Å². The summed E-state index contributed by atoms with van der Waals surface area (Å²) in [6.07, 6.45) is 0. The van der Waals surface area contributed by atoms with Crippen LogP contribution in [0.25, 0.3) is 0 Å². The molecule has 2 aliphatic rings. The van der Waals surface area contributed by atoms with Crippen LogP contribution in [0.4, 0.5) is 17.1 Å². The van der Waals surface area contributed by atoms with E-state index in [-0.39, 0.29) is 11.6 Å². The van der Waals surface area contributed by atoms with E-state index < -0.39 is 0 Å². The van der Waals surface area contributed by atoms with Gasteiger partial charge in [-0.1, -0.05) is 24.3 Å². The van der Waals surface area contributed by atoms with Gasteiger partial charge in [-0.2, -0.15) is 0 Å². The normalized spacial score (nSPS) is 16.9. The molecule has 6 nitrogen and oxygen atoms in total. The van der Waals surface area contributed by atoms with Crippen molar-refractivity contribution in [3.8, 4) is 0 Å². The summed E-state index contributed by atoms with van der Waals surface area (Å²) in [5, 5.41) is 3.27. The lowest BCUT2D eigenvalue weighted by Gasteiger charge is -2.34. The molecule has 1 saturated heterocycles. The van der Waals surface area contributed by atoms with Crippen LogP contribution < -0.4 is 20.9 Å². The summed E-state index contributed by atoms with van der Waals surface area (Å²) in [6, 6.07) is 8.92. The standard InChI is InChI=1S/C21H24N4O2/c1-3-23-15-12-16(25-10-8-24(2)9-11-25)19(22)18-17(15)20(26)13-6-4-5-7-14(13)21(18)27/h4-7,12,23H,3,8-11,22H2,1-2H3/p+1. The van der Waals surface area contributed by atoms with E-state index in [0.717, 1.165) is 31.9 Å². The predicted octanol–water partition coefficient (Wildman–Crippen LogP) is 0.811. The molecule has 2 aromatic rings. The van der Waals surface area contributed by atoms with Gasteiger partial charge in [-0.25, -0.2) is 0 Å². The van der Waals surface area contributed by atoms with Crippen LogP contribution in [0.15, 0.2) is 30.3 Å². The number of nitrogens with zero attached hydrogens (tertiary/aromatic N) is 1. The molecule has 6 heteroatoms. The molecular weight excluding hydrogens is 340 g/mol. The van der Waals surface area contributed by atoms with Crippen LogP contribution in [0.1, 0.15) is 38.8 Å². The van der Waals surface area contributed by atoms with Crippen molar-refractivity contribution >= 4 is 28.6 Å². The van der Waals surface area contributed by atoms with Crippen molar-refractivity contribution in [1.29, 1.82) is 0 Å². The number of nitrogens with two attached hydrogens (primary N) is 1. The number of rotatable bonds is 3. The zero-order chi connectivity index (χ0) is 19.1. The molecule has 27 heavy (non-hydrogen) atoms. The zero-order valence-corrected chi connectivity index (χ0v) is 15.8. The van der Waals surface area contributed by atoms with Gasteiger partial charge in [0.1, 0.15) is 0 Å². The van der Waals surface area contributed by atoms with Gasteiger partial charge in [0.25, 0.3) is 0 Å². The first kappa shape index (κ1) is 17.5. The summed E-state index contributed by atoms with van der Waals surface area (Å²) >= 11 is 0. The van der Waals surface area contributed by atoms with Gasteiger partial charge in [0.05, 0.1) is 55.7 Å². The average molecular weight is 365 g/mol. The molecule has 1 aliphatic carbocycles. The minimum absolute atomic E-state index is 0.141. The molecule has 0 spiro atoms. The smallest absolute Gasteiger partial charge is 0.196 e. The van der Waals surface area contributed by atoms with Crippen molar-refractivity contribution in [2.75, 3.05) is 55.7 Å². The average Bonchev–Trinajstić information content (AvgIpc) is 2.68. The van der Waals surface area contributed by atoms with Crippen LogP contribution >= 0.6 is 0 Å². The summed E-state index contributed by atoms with van der Waals surface area (Å²) in [5.74, 6) is -0.310. The second-order valence-electron chi connectivity index (χ2n) is 7.29. The van der Waals surface area contributed by atoms with Crippen molar-refractivity contribution in [3.63, 3.8) is 0 Å². The second-order valence-corrected chi connectivity index (χ2v) is 7.29. The highest BCUT2D eigenvalue weighted by molar-refractivity contribution is 6.32. The molecule has 0 atom stereocenters. The molecule has 0 amide bonds. The molecule has 2 aromatic carbocycles. The number of benzene rings is 2. The number of hydrogen-bond acceptors (Lipinski definition) is 5. The Kier molecular flexibility index (Phi) is 4.36. The fourth-order valence-corrected chi connectivity index (χ4v) is 4.03. The Morgan fingerprint density at radius 1 is 1.07 bits per heavy atom. The Bertz CT molecular complexity index is 930. The molecule has 4 rings (SSSR count). The molecule has 0 radical (unpaired) electrons. The monoisotopic (exact) mass is 365 g/mol. The van der Waals surface area contributed by atoms with Gasteiger partial charge in [-0.15, -0.1) is 0 Å². The van der Waals surface area contributed by atoms with Gasteiger partial charge in [0.15, 0.2) is 11.6 Å². The number of quaternary nitrogens is 1. The van der Waals surface area contributed by atoms with Crippen molar-refractivity contribution in [2.24, 2.45) is 0 Å². The zero-order valence-electron chi connectivity index (χ0n) is 15.8. The van der Waals surface area contributed by atoms with Gasteiger partial charge in [0.2, 0.25) is 0 Å². The number of nitrogen functional groups attached to an aromatic ring is 1. The van der Waals surface area contributed by atoms with Gasteiger partial charge >= 0.3 is 0 Å². The predicted molar refractivity (Wildman–Crippen MR) is 107 cm³/mol.